The number of anilines is 1. The summed E-state index contributed by atoms with van der Waals surface area (Å²) in [5, 5.41) is 3.23. The van der Waals surface area contributed by atoms with Crippen molar-refractivity contribution >= 4 is 35.9 Å². The summed E-state index contributed by atoms with van der Waals surface area (Å²) in [7, 11) is 1.31. The Morgan fingerprint density at radius 1 is 1.41 bits per heavy atom. The van der Waals surface area contributed by atoms with E-state index in [2.05, 4.69) is 20.2 Å². The third-order valence-corrected chi connectivity index (χ3v) is 5.37. The van der Waals surface area contributed by atoms with Crippen LogP contribution in [0.25, 0.3) is 0 Å². The first-order chi connectivity index (χ1) is 13.2. The maximum atomic E-state index is 13.0. The number of thiazole rings is 1. The molecular formula is C18H23F3N4O2S2. The first kappa shape index (κ1) is 23.4. The number of aromatic nitrogens is 2. The number of pyridine rings is 1. The molecule has 160 valence electrons. The lowest BCUT2D eigenvalue weighted by atomic mass is 9.98. The fourth-order valence-electron chi connectivity index (χ4n) is 3.29. The van der Waals surface area contributed by atoms with Crippen LogP contribution in [0.4, 0.5) is 18.3 Å². The molecule has 3 rings (SSSR count). The SMILES string of the molecule is COc1cc(CC2CCN(Cc3cnc(NC(C)=O)s3)C2)cc(C(F)(F)F)n1.S. The van der Waals surface area contributed by atoms with Crippen LogP contribution in [0.1, 0.15) is 29.5 Å². The average molecular weight is 449 g/mol. The maximum Gasteiger partial charge on any atom is 0.433 e. The van der Waals surface area contributed by atoms with Crippen molar-refractivity contribution in [3.63, 3.8) is 0 Å². The predicted octanol–water partition coefficient (Wildman–Crippen LogP) is 3.70. The van der Waals surface area contributed by atoms with Crippen LogP contribution in [0.5, 0.6) is 5.88 Å². The van der Waals surface area contributed by atoms with Crippen LogP contribution < -0.4 is 10.1 Å². The zero-order valence-corrected chi connectivity index (χ0v) is 17.9. The molecule has 3 heterocycles. The summed E-state index contributed by atoms with van der Waals surface area (Å²) in [6.45, 7) is 3.80. The van der Waals surface area contributed by atoms with Crippen LogP contribution in [0.3, 0.4) is 0 Å². The van der Waals surface area contributed by atoms with Gasteiger partial charge in [-0.2, -0.15) is 26.7 Å². The van der Waals surface area contributed by atoms with Crippen LogP contribution >= 0.6 is 24.8 Å². The smallest absolute Gasteiger partial charge is 0.433 e. The number of methoxy groups -OCH3 is 1. The highest BCUT2D eigenvalue weighted by Crippen LogP contribution is 2.32. The van der Waals surface area contributed by atoms with Crippen molar-refractivity contribution in [3.05, 3.63) is 34.5 Å². The lowest BCUT2D eigenvalue weighted by Gasteiger charge is -2.16. The van der Waals surface area contributed by atoms with Gasteiger partial charge in [-0.05, 0) is 36.9 Å². The molecule has 1 unspecified atom stereocenters. The lowest BCUT2D eigenvalue weighted by Crippen LogP contribution is -2.20. The third kappa shape index (κ3) is 6.58. The van der Waals surface area contributed by atoms with Crippen molar-refractivity contribution in [1.29, 1.82) is 0 Å². The molecule has 1 aliphatic heterocycles. The molecule has 1 aliphatic rings. The largest absolute Gasteiger partial charge is 0.481 e. The summed E-state index contributed by atoms with van der Waals surface area (Å²) >= 11 is 1.43. The average Bonchev–Trinajstić information content (AvgIpc) is 3.23. The summed E-state index contributed by atoms with van der Waals surface area (Å²) in [6, 6.07) is 2.68. The first-order valence-corrected chi connectivity index (χ1v) is 9.61. The van der Waals surface area contributed by atoms with Gasteiger partial charge in [0.2, 0.25) is 11.8 Å². The van der Waals surface area contributed by atoms with E-state index in [1.54, 1.807) is 12.3 Å². The van der Waals surface area contributed by atoms with E-state index in [1.165, 1.54) is 25.4 Å². The highest BCUT2D eigenvalue weighted by molar-refractivity contribution is 7.59. The van der Waals surface area contributed by atoms with Gasteiger partial charge >= 0.3 is 6.18 Å². The van der Waals surface area contributed by atoms with Crippen molar-refractivity contribution in [3.8, 4) is 5.88 Å². The maximum absolute atomic E-state index is 13.0. The predicted molar refractivity (Wildman–Crippen MR) is 110 cm³/mol. The van der Waals surface area contributed by atoms with E-state index in [-0.39, 0.29) is 31.2 Å². The standard InChI is InChI=1S/C18H21F3N4O2S.H2S/c1-11(26)23-17-22-8-14(28-17)10-25-4-3-12(9-25)5-13-6-15(18(19,20)21)24-16(7-13)27-2;/h6-8,12H,3-5,9-10H2,1-2H3,(H,22,23,26);1H2. The number of nitrogens with one attached hydrogen (secondary N) is 1. The molecule has 2 aromatic rings. The Labute approximate surface area is 177 Å². The second kappa shape index (κ2) is 9.77. The molecule has 1 atom stereocenters. The molecule has 1 saturated heterocycles. The molecule has 0 bridgehead atoms. The van der Waals surface area contributed by atoms with E-state index in [0.29, 0.717) is 23.7 Å². The quantitative estimate of drug-likeness (QED) is 0.730. The third-order valence-electron chi connectivity index (χ3n) is 4.47. The first-order valence-electron chi connectivity index (χ1n) is 8.79. The number of amides is 1. The normalized spacial score (nSPS) is 17.1. The van der Waals surface area contributed by atoms with Gasteiger partial charge in [-0.15, -0.1) is 11.3 Å². The summed E-state index contributed by atoms with van der Waals surface area (Å²) in [5.74, 6) is 0.0823. The Kier molecular flexibility index (Phi) is 7.89. The Hall–Kier alpha value is -1.85. The molecular weight excluding hydrogens is 425 g/mol. The topological polar surface area (TPSA) is 67.3 Å². The zero-order valence-electron chi connectivity index (χ0n) is 16.0. The van der Waals surface area contributed by atoms with Crippen molar-refractivity contribution in [2.45, 2.75) is 32.5 Å². The van der Waals surface area contributed by atoms with E-state index in [4.69, 9.17) is 4.74 Å². The number of alkyl halides is 3. The molecule has 11 heteroatoms. The molecule has 1 amide bonds. The molecule has 0 radical (unpaired) electrons. The molecule has 29 heavy (non-hydrogen) atoms. The Balaban J connectivity index is 0.00000300. The summed E-state index contributed by atoms with van der Waals surface area (Å²) in [6.07, 6.45) is -1.31. The highest BCUT2D eigenvalue weighted by Gasteiger charge is 2.34. The Morgan fingerprint density at radius 2 is 2.17 bits per heavy atom. The fraction of sp³-hybridized carbons (Fsp3) is 0.500. The minimum Gasteiger partial charge on any atom is -0.481 e. The van der Waals surface area contributed by atoms with Crippen molar-refractivity contribution in [2.75, 3.05) is 25.5 Å². The number of carbonyl (C=O) groups excluding carboxylic acids is 1. The number of nitrogens with zero attached hydrogens (tertiary/aromatic N) is 3. The van der Waals surface area contributed by atoms with Gasteiger partial charge < -0.3 is 10.1 Å². The summed E-state index contributed by atoms with van der Waals surface area (Å²) in [5.41, 5.74) is -0.344. The number of rotatable bonds is 6. The number of hydrogen-bond donors (Lipinski definition) is 1. The fourth-order valence-corrected chi connectivity index (χ4v) is 4.19. The number of likely N-dealkylation sites (tertiary alicyclic amines) is 1. The van der Waals surface area contributed by atoms with E-state index >= 15 is 0 Å². The van der Waals surface area contributed by atoms with Gasteiger partial charge in [-0.25, -0.2) is 9.97 Å². The van der Waals surface area contributed by atoms with Gasteiger partial charge in [0.1, 0.15) is 5.69 Å². The molecule has 1 fully saturated rings. The van der Waals surface area contributed by atoms with Gasteiger partial charge in [0.15, 0.2) is 5.13 Å². The van der Waals surface area contributed by atoms with Gasteiger partial charge in [-0.3, -0.25) is 9.69 Å². The van der Waals surface area contributed by atoms with Crippen LogP contribution in [0.15, 0.2) is 18.3 Å². The van der Waals surface area contributed by atoms with Gasteiger partial charge in [-0.1, -0.05) is 0 Å². The number of hydrogen-bond acceptors (Lipinski definition) is 6. The minimum atomic E-state index is -4.50. The van der Waals surface area contributed by atoms with Crippen LogP contribution in [0, 0.1) is 5.92 Å². The summed E-state index contributed by atoms with van der Waals surface area (Å²) < 4.78 is 44.0. The van der Waals surface area contributed by atoms with Crippen molar-refractivity contribution in [2.24, 2.45) is 5.92 Å². The Bertz CT molecular complexity index is 845. The van der Waals surface area contributed by atoms with Crippen LogP contribution in [0.2, 0.25) is 0 Å². The minimum absolute atomic E-state index is 0. The lowest BCUT2D eigenvalue weighted by molar-refractivity contribution is -0.141. The molecule has 0 aromatic carbocycles. The van der Waals surface area contributed by atoms with E-state index in [1.807, 2.05) is 0 Å². The van der Waals surface area contributed by atoms with Crippen LogP contribution in [-0.2, 0) is 23.9 Å². The van der Waals surface area contributed by atoms with Gasteiger partial charge in [0.05, 0.1) is 7.11 Å². The number of ether oxygens (including phenoxy) is 1. The number of carbonyl (C=O) groups is 1. The monoisotopic (exact) mass is 448 g/mol. The zero-order chi connectivity index (χ0) is 20.3. The van der Waals surface area contributed by atoms with E-state index in [9.17, 15) is 18.0 Å². The molecule has 1 N–H and O–H groups in total. The highest BCUT2D eigenvalue weighted by atomic mass is 32.1. The second-order valence-electron chi connectivity index (χ2n) is 6.81. The molecule has 0 spiro atoms. The van der Waals surface area contributed by atoms with E-state index < -0.39 is 11.9 Å². The molecule has 2 aromatic heterocycles. The van der Waals surface area contributed by atoms with Crippen LogP contribution in [-0.4, -0.2) is 41.0 Å². The van der Waals surface area contributed by atoms with Gasteiger partial charge in [0.25, 0.3) is 0 Å². The van der Waals surface area contributed by atoms with E-state index in [0.717, 1.165) is 30.5 Å². The Morgan fingerprint density at radius 3 is 2.83 bits per heavy atom. The number of halogens is 3. The summed E-state index contributed by atoms with van der Waals surface area (Å²) in [4.78, 5) is 22.0. The van der Waals surface area contributed by atoms with Gasteiger partial charge in [0, 0.05) is 37.2 Å². The molecule has 0 saturated carbocycles. The molecule has 0 aliphatic carbocycles. The molecule has 6 nitrogen and oxygen atoms in total. The van der Waals surface area contributed by atoms with Crippen molar-refractivity contribution in [1.82, 2.24) is 14.9 Å². The second-order valence-corrected chi connectivity index (χ2v) is 7.92. The van der Waals surface area contributed by atoms with Crippen molar-refractivity contribution < 1.29 is 22.7 Å².